The number of azide groups is 2. The van der Waals surface area contributed by atoms with Crippen LogP contribution in [0.4, 0.5) is 11.5 Å². The van der Waals surface area contributed by atoms with Crippen LogP contribution < -0.4 is 5.32 Å². The molecule has 1 heterocycles. The molecule has 0 fully saturated rings. The molecule has 1 amide bonds. The third kappa shape index (κ3) is 3.54. The third-order valence-electron chi connectivity index (χ3n) is 2.78. The van der Waals surface area contributed by atoms with E-state index in [-0.39, 0.29) is 23.7 Å². The van der Waals surface area contributed by atoms with Crippen molar-refractivity contribution in [1.29, 1.82) is 0 Å². The summed E-state index contributed by atoms with van der Waals surface area (Å²) < 4.78 is 1.51. The number of nitrogens with zero attached hydrogens (tertiary/aromatic N) is 8. The van der Waals surface area contributed by atoms with Gasteiger partial charge in [-0.2, -0.15) is 5.10 Å². The Kier molecular flexibility index (Phi) is 4.61. The first-order chi connectivity index (χ1) is 10.6. The highest BCUT2D eigenvalue weighted by molar-refractivity contribution is 6.04. The normalized spacial score (nSPS) is 9.50. The Morgan fingerprint density at radius 3 is 2.82 bits per heavy atom. The Morgan fingerprint density at radius 2 is 2.18 bits per heavy atom. The Labute approximate surface area is 124 Å². The largest absolute Gasteiger partial charge is 0.307 e. The van der Waals surface area contributed by atoms with Crippen molar-refractivity contribution in [3.63, 3.8) is 0 Å². The summed E-state index contributed by atoms with van der Waals surface area (Å²) in [4.78, 5) is 17.6. The fraction of sp³-hybridized carbons (Fsp3) is 0.167. The molecule has 22 heavy (non-hydrogen) atoms. The summed E-state index contributed by atoms with van der Waals surface area (Å²) in [6.45, 7) is 0.0529. The van der Waals surface area contributed by atoms with Crippen molar-refractivity contribution in [3.05, 3.63) is 62.5 Å². The minimum Gasteiger partial charge on any atom is -0.307 e. The van der Waals surface area contributed by atoms with Gasteiger partial charge < -0.3 is 5.32 Å². The molecule has 10 nitrogen and oxygen atoms in total. The quantitative estimate of drug-likeness (QED) is 0.512. The van der Waals surface area contributed by atoms with Gasteiger partial charge in [0, 0.05) is 34.2 Å². The summed E-state index contributed by atoms with van der Waals surface area (Å²) in [5.41, 5.74) is 18.0. The molecule has 0 aliphatic heterocycles. The monoisotopic (exact) mass is 297 g/mol. The van der Waals surface area contributed by atoms with Crippen LogP contribution in [0.15, 0.2) is 40.7 Å². The SMILES string of the molecule is Cn1nccc1NC(=O)c1cc(CN=[N+]=[N-])cc(N=[N+]=[N-])c1. The maximum absolute atomic E-state index is 12.3. The molecule has 0 atom stereocenters. The fourth-order valence-electron chi connectivity index (χ4n) is 1.80. The molecule has 2 rings (SSSR count). The lowest BCUT2D eigenvalue weighted by molar-refractivity contribution is 0.102. The summed E-state index contributed by atoms with van der Waals surface area (Å²) in [5.74, 6) is 0.136. The molecule has 0 saturated carbocycles. The van der Waals surface area contributed by atoms with Crippen molar-refractivity contribution in [3.8, 4) is 0 Å². The highest BCUT2D eigenvalue weighted by Gasteiger charge is 2.10. The van der Waals surface area contributed by atoms with Crippen molar-refractivity contribution < 1.29 is 4.79 Å². The zero-order chi connectivity index (χ0) is 15.9. The van der Waals surface area contributed by atoms with Crippen molar-refractivity contribution in [2.24, 2.45) is 17.3 Å². The van der Waals surface area contributed by atoms with E-state index in [2.05, 4.69) is 30.5 Å². The van der Waals surface area contributed by atoms with E-state index in [9.17, 15) is 4.79 Å². The van der Waals surface area contributed by atoms with Crippen LogP contribution >= 0.6 is 0 Å². The number of hydrogen-bond donors (Lipinski definition) is 1. The lowest BCUT2D eigenvalue weighted by Crippen LogP contribution is -2.14. The molecule has 0 spiro atoms. The molecule has 110 valence electrons. The second-order valence-electron chi connectivity index (χ2n) is 4.26. The second kappa shape index (κ2) is 6.80. The van der Waals surface area contributed by atoms with Crippen LogP contribution in [0.25, 0.3) is 20.9 Å². The van der Waals surface area contributed by atoms with Gasteiger partial charge in [0.15, 0.2) is 0 Å². The maximum atomic E-state index is 12.3. The number of aryl methyl sites for hydroxylation is 1. The van der Waals surface area contributed by atoms with Crippen LogP contribution in [0.5, 0.6) is 0 Å². The molecule has 0 aliphatic rings. The van der Waals surface area contributed by atoms with Gasteiger partial charge in [-0.1, -0.05) is 10.2 Å². The van der Waals surface area contributed by atoms with Crippen molar-refractivity contribution in [1.82, 2.24) is 9.78 Å². The van der Waals surface area contributed by atoms with E-state index < -0.39 is 0 Å². The summed E-state index contributed by atoms with van der Waals surface area (Å²) in [6.07, 6.45) is 1.55. The van der Waals surface area contributed by atoms with Gasteiger partial charge >= 0.3 is 0 Å². The van der Waals surface area contributed by atoms with Crippen LogP contribution in [0.3, 0.4) is 0 Å². The van der Waals surface area contributed by atoms with E-state index in [1.165, 1.54) is 10.7 Å². The second-order valence-corrected chi connectivity index (χ2v) is 4.26. The third-order valence-corrected chi connectivity index (χ3v) is 2.78. The van der Waals surface area contributed by atoms with Crippen molar-refractivity contribution in [2.45, 2.75) is 6.54 Å². The van der Waals surface area contributed by atoms with Gasteiger partial charge in [0.05, 0.1) is 12.7 Å². The number of carbonyl (C=O) groups is 1. The molecular formula is C12H11N9O. The Morgan fingerprint density at radius 1 is 1.36 bits per heavy atom. The van der Waals surface area contributed by atoms with E-state index in [4.69, 9.17) is 11.1 Å². The average molecular weight is 297 g/mol. The number of amides is 1. The predicted octanol–water partition coefficient (Wildman–Crippen LogP) is 3.42. The number of aromatic nitrogens is 2. The zero-order valence-electron chi connectivity index (χ0n) is 11.6. The van der Waals surface area contributed by atoms with E-state index in [0.29, 0.717) is 11.4 Å². The molecule has 2 aromatic rings. The number of anilines is 1. The van der Waals surface area contributed by atoms with Gasteiger partial charge in [0.1, 0.15) is 5.82 Å². The average Bonchev–Trinajstić information content (AvgIpc) is 2.90. The first-order valence-electron chi connectivity index (χ1n) is 6.13. The maximum Gasteiger partial charge on any atom is 0.256 e. The first-order valence-corrected chi connectivity index (χ1v) is 6.13. The topological polar surface area (TPSA) is 144 Å². The van der Waals surface area contributed by atoms with E-state index in [1.54, 1.807) is 31.4 Å². The Hall–Kier alpha value is -3.48. The zero-order valence-corrected chi connectivity index (χ0v) is 11.6. The van der Waals surface area contributed by atoms with Gasteiger partial charge in [-0.25, -0.2) is 0 Å². The number of carbonyl (C=O) groups excluding carboxylic acids is 1. The van der Waals surface area contributed by atoms with Gasteiger partial charge in [0.25, 0.3) is 5.91 Å². The molecule has 0 aliphatic carbocycles. The van der Waals surface area contributed by atoms with Crippen molar-refractivity contribution in [2.75, 3.05) is 5.32 Å². The minimum absolute atomic E-state index is 0.0529. The van der Waals surface area contributed by atoms with E-state index in [1.807, 2.05) is 0 Å². The first kappa shape index (κ1) is 14.9. The lowest BCUT2D eigenvalue weighted by Gasteiger charge is -2.07. The highest BCUT2D eigenvalue weighted by Crippen LogP contribution is 2.20. The summed E-state index contributed by atoms with van der Waals surface area (Å²) >= 11 is 0. The molecule has 0 unspecified atom stereocenters. The molecule has 0 radical (unpaired) electrons. The Balaban J connectivity index is 2.33. The number of hydrogen-bond acceptors (Lipinski definition) is 4. The predicted molar refractivity (Wildman–Crippen MR) is 79.3 cm³/mol. The standard InChI is InChI=1S/C12H11N9O/c1-21-11(2-3-16-21)17-12(22)9-4-8(7-15-19-13)5-10(6-9)18-20-14/h2-6H,7H2,1H3,(H,17,22). The molecule has 10 heteroatoms. The van der Waals surface area contributed by atoms with Gasteiger partial charge in [-0.3, -0.25) is 9.48 Å². The van der Waals surface area contributed by atoms with Crippen molar-refractivity contribution >= 4 is 17.4 Å². The smallest absolute Gasteiger partial charge is 0.256 e. The van der Waals surface area contributed by atoms with E-state index in [0.717, 1.165) is 0 Å². The molecule has 1 aromatic heterocycles. The fourth-order valence-corrected chi connectivity index (χ4v) is 1.80. The van der Waals surface area contributed by atoms with Crippen LogP contribution in [-0.2, 0) is 13.6 Å². The van der Waals surface area contributed by atoms with Gasteiger partial charge in [0.2, 0.25) is 0 Å². The molecule has 1 aromatic carbocycles. The summed E-state index contributed by atoms with van der Waals surface area (Å²) in [7, 11) is 1.69. The summed E-state index contributed by atoms with van der Waals surface area (Å²) in [5, 5.41) is 13.5. The van der Waals surface area contributed by atoms with Crippen LogP contribution in [0.2, 0.25) is 0 Å². The Bertz CT molecular complexity index is 797. The molecule has 0 saturated heterocycles. The number of benzene rings is 1. The summed E-state index contributed by atoms with van der Waals surface area (Å²) in [6, 6.07) is 6.22. The minimum atomic E-state index is -0.388. The lowest BCUT2D eigenvalue weighted by atomic mass is 10.1. The van der Waals surface area contributed by atoms with Crippen LogP contribution in [0.1, 0.15) is 15.9 Å². The molecule has 1 N–H and O–H groups in total. The van der Waals surface area contributed by atoms with Gasteiger partial charge in [-0.15, -0.1) is 0 Å². The molecular weight excluding hydrogens is 286 g/mol. The van der Waals surface area contributed by atoms with E-state index >= 15 is 0 Å². The van der Waals surface area contributed by atoms with Crippen LogP contribution in [0, 0.1) is 0 Å². The molecule has 0 bridgehead atoms. The highest BCUT2D eigenvalue weighted by atomic mass is 16.1. The number of rotatable bonds is 5. The van der Waals surface area contributed by atoms with Gasteiger partial charge in [-0.05, 0) is 34.8 Å². The van der Waals surface area contributed by atoms with Crippen LogP contribution in [-0.4, -0.2) is 15.7 Å². The number of nitrogens with one attached hydrogen (secondary N) is 1.